The standard InChI is InChI=1S/C12H15FN2O/c1-8(9-3-2-4-9)15-12(16)10-5-6-14-7-11(10)13/h5-9H,2-4H2,1H3,(H,15,16). The van der Waals surface area contributed by atoms with Crippen LogP contribution in [0.5, 0.6) is 0 Å². The molecule has 16 heavy (non-hydrogen) atoms. The highest BCUT2D eigenvalue weighted by Gasteiger charge is 2.25. The van der Waals surface area contributed by atoms with E-state index in [1.807, 2.05) is 6.92 Å². The Morgan fingerprint density at radius 3 is 2.94 bits per heavy atom. The second kappa shape index (κ2) is 4.60. The van der Waals surface area contributed by atoms with E-state index in [9.17, 15) is 9.18 Å². The van der Waals surface area contributed by atoms with Crippen molar-refractivity contribution in [1.29, 1.82) is 0 Å². The summed E-state index contributed by atoms with van der Waals surface area (Å²) in [6.45, 7) is 1.97. The average Bonchev–Trinajstić information content (AvgIpc) is 2.15. The minimum Gasteiger partial charge on any atom is -0.349 e. The van der Waals surface area contributed by atoms with E-state index in [0.29, 0.717) is 5.92 Å². The van der Waals surface area contributed by atoms with E-state index in [2.05, 4.69) is 10.3 Å². The molecule has 2 rings (SSSR count). The molecule has 0 spiro atoms. The van der Waals surface area contributed by atoms with Gasteiger partial charge in [0.05, 0.1) is 11.8 Å². The molecule has 1 amide bonds. The van der Waals surface area contributed by atoms with Crippen molar-refractivity contribution in [1.82, 2.24) is 10.3 Å². The summed E-state index contributed by atoms with van der Waals surface area (Å²) >= 11 is 0. The third kappa shape index (κ3) is 2.21. The Labute approximate surface area is 94.1 Å². The van der Waals surface area contributed by atoms with E-state index in [-0.39, 0.29) is 17.5 Å². The van der Waals surface area contributed by atoms with Crippen molar-refractivity contribution in [3.63, 3.8) is 0 Å². The van der Waals surface area contributed by atoms with E-state index >= 15 is 0 Å². The molecule has 0 radical (unpaired) electrons. The fraction of sp³-hybridized carbons (Fsp3) is 0.500. The van der Waals surface area contributed by atoms with Crippen LogP contribution in [0.2, 0.25) is 0 Å². The highest BCUT2D eigenvalue weighted by Crippen LogP contribution is 2.29. The molecule has 0 aliphatic heterocycles. The van der Waals surface area contributed by atoms with Crippen LogP contribution in [0.1, 0.15) is 36.5 Å². The van der Waals surface area contributed by atoms with Gasteiger partial charge in [-0.3, -0.25) is 9.78 Å². The number of halogens is 1. The van der Waals surface area contributed by atoms with Gasteiger partial charge in [0.25, 0.3) is 5.91 Å². The van der Waals surface area contributed by atoms with Gasteiger partial charge in [-0.2, -0.15) is 0 Å². The smallest absolute Gasteiger partial charge is 0.254 e. The van der Waals surface area contributed by atoms with Gasteiger partial charge in [0.1, 0.15) is 0 Å². The summed E-state index contributed by atoms with van der Waals surface area (Å²) in [7, 11) is 0. The quantitative estimate of drug-likeness (QED) is 0.851. The number of aromatic nitrogens is 1. The van der Waals surface area contributed by atoms with Gasteiger partial charge in [-0.1, -0.05) is 6.42 Å². The molecule has 1 N–H and O–H groups in total. The highest BCUT2D eigenvalue weighted by atomic mass is 19.1. The summed E-state index contributed by atoms with van der Waals surface area (Å²) in [6, 6.07) is 1.52. The van der Waals surface area contributed by atoms with Crippen LogP contribution in [-0.2, 0) is 0 Å². The molecule has 0 aromatic carbocycles. The number of nitrogens with one attached hydrogen (secondary N) is 1. The number of amides is 1. The molecule has 1 aromatic rings. The zero-order valence-corrected chi connectivity index (χ0v) is 9.24. The van der Waals surface area contributed by atoms with Crippen LogP contribution in [0.15, 0.2) is 18.5 Å². The van der Waals surface area contributed by atoms with Gasteiger partial charge in [0, 0.05) is 12.2 Å². The van der Waals surface area contributed by atoms with Gasteiger partial charge >= 0.3 is 0 Å². The lowest BCUT2D eigenvalue weighted by Crippen LogP contribution is -2.40. The summed E-state index contributed by atoms with van der Waals surface area (Å²) in [6.07, 6.45) is 6.02. The SMILES string of the molecule is CC(NC(=O)c1ccncc1F)C1CCC1. The first-order chi connectivity index (χ1) is 7.68. The first kappa shape index (κ1) is 11.0. The fourth-order valence-corrected chi connectivity index (χ4v) is 1.90. The Hall–Kier alpha value is -1.45. The minimum absolute atomic E-state index is 0.0705. The van der Waals surface area contributed by atoms with Crippen molar-refractivity contribution in [3.05, 3.63) is 29.8 Å². The van der Waals surface area contributed by atoms with Crippen LogP contribution in [0, 0.1) is 11.7 Å². The van der Waals surface area contributed by atoms with Crippen molar-refractivity contribution >= 4 is 5.91 Å². The maximum atomic E-state index is 13.3. The number of carbonyl (C=O) groups excluding carboxylic acids is 1. The Morgan fingerprint density at radius 2 is 2.38 bits per heavy atom. The Balaban J connectivity index is 2.00. The first-order valence-corrected chi connectivity index (χ1v) is 5.59. The lowest BCUT2D eigenvalue weighted by Gasteiger charge is -2.31. The van der Waals surface area contributed by atoms with Gasteiger partial charge < -0.3 is 5.32 Å². The molecule has 1 unspecified atom stereocenters. The predicted molar refractivity (Wildman–Crippen MR) is 58.5 cm³/mol. The van der Waals surface area contributed by atoms with Gasteiger partial charge in [0.15, 0.2) is 5.82 Å². The monoisotopic (exact) mass is 222 g/mol. The molecule has 1 saturated carbocycles. The van der Waals surface area contributed by atoms with Crippen molar-refractivity contribution < 1.29 is 9.18 Å². The molecular weight excluding hydrogens is 207 g/mol. The second-order valence-corrected chi connectivity index (χ2v) is 4.31. The molecular formula is C12H15FN2O. The number of carbonyl (C=O) groups is 1. The third-order valence-corrected chi connectivity index (χ3v) is 3.23. The summed E-state index contributed by atoms with van der Waals surface area (Å²) in [5.74, 6) is -0.367. The van der Waals surface area contributed by atoms with Crippen LogP contribution < -0.4 is 5.32 Å². The number of hydrogen-bond acceptors (Lipinski definition) is 2. The first-order valence-electron chi connectivity index (χ1n) is 5.59. The molecule has 1 aliphatic carbocycles. The van der Waals surface area contributed by atoms with Crippen molar-refractivity contribution in [3.8, 4) is 0 Å². The van der Waals surface area contributed by atoms with Crippen molar-refractivity contribution in [2.45, 2.75) is 32.2 Å². The molecule has 1 fully saturated rings. The van der Waals surface area contributed by atoms with Crippen LogP contribution in [0.25, 0.3) is 0 Å². The Kier molecular flexibility index (Phi) is 3.17. The van der Waals surface area contributed by atoms with Gasteiger partial charge in [-0.15, -0.1) is 0 Å². The highest BCUT2D eigenvalue weighted by molar-refractivity contribution is 5.94. The molecule has 1 heterocycles. The lowest BCUT2D eigenvalue weighted by atomic mass is 9.80. The van der Waals surface area contributed by atoms with Crippen molar-refractivity contribution in [2.24, 2.45) is 5.92 Å². The second-order valence-electron chi connectivity index (χ2n) is 4.31. The number of pyridine rings is 1. The number of rotatable bonds is 3. The van der Waals surface area contributed by atoms with E-state index in [0.717, 1.165) is 19.0 Å². The van der Waals surface area contributed by atoms with Crippen LogP contribution in [-0.4, -0.2) is 16.9 Å². The van der Waals surface area contributed by atoms with Crippen LogP contribution in [0.3, 0.4) is 0 Å². The minimum atomic E-state index is -0.569. The third-order valence-electron chi connectivity index (χ3n) is 3.23. The average molecular weight is 222 g/mol. The fourth-order valence-electron chi connectivity index (χ4n) is 1.90. The Bertz CT molecular complexity index is 390. The molecule has 1 atom stereocenters. The summed E-state index contributed by atoms with van der Waals surface area (Å²) in [5, 5.41) is 2.83. The molecule has 3 nitrogen and oxygen atoms in total. The van der Waals surface area contributed by atoms with E-state index in [1.165, 1.54) is 18.7 Å². The maximum absolute atomic E-state index is 13.3. The summed E-state index contributed by atoms with van der Waals surface area (Å²) in [5.41, 5.74) is 0.0705. The number of hydrogen-bond donors (Lipinski definition) is 1. The molecule has 86 valence electrons. The van der Waals surface area contributed by atoms with E-state index in [4.69, 9.17) is 0 Å². The van der Waals surface area contributed by atoms with Gasteiger partial charge in [-0.05, 0) is 31.7 Å². The van der Waals surface area contributed by atoms with Crippen LogP contribution >= 0.6 is 0 Å². The zero-order chi connectivity index (χ0) is 11.5. The molecule has 0 saturated heterocycles. The lowest BCUT2D eigenvalue weighted by molar-refractivity contribution is 0.0905. The van der Waals surface area contributed by atoms with E-state index < -0.39 is 5.82 Å². The van der Waals surface area contributed by atoms with Gasteiger partial charge in [0.2, 0.25) is 0 Å². The van der Waals surface area contributed by atoms with Crippen molar-refractivity contribution in [2.75, 3.05) is 0 Å². The maximum Gasteiger partial charge on any atom is 0.254 e. The van der Waals surface area contributed by atoms with Gasteiger partial charge in [-0.25, -0.2) is 4.39 Å². The normalized spacial score (nSPS) is 17.6. The largest absolute Gasteiger partial charge is 0.349 e. The predicted octanol–water partition coefficient (Wildman–Crippen LogP) is 2.14. The zero-order valence-electron chi connectivity index (χ0n) is 9.24. The number of nitrogens with zero attached hydrogens (tertiary/aromatic N) is 1. The van der Waals surface area contributed by atoms with Crippen LogP contribution in [0.4, 0.5) is 4.39 Å². The molecule has 1 aromatic heterocycles. The van der Waals surface area contributed by atoms with E-state index in [1.54, 1.807) is 0 Å². The summed E-state index contributed by atoms with van der Waals surface area (Å²) < 4.78 is 13.3. The molecule has 0 bridgehead atoms. The molecule has 1 aliphatic rings. The Morgan fingerprint density at radius 1 is 1.62 bits per heavy atom. The molecule has 4 heteroatoms. The topological polar surface area (TPSA) is 42.0 Å². The summed E-state index contributed by atoms with van der Waals surface area (Å²) in [4.78, 5) is 15.4.